The maximum Gasteiger partial charge on any atom is 0.416 e. The molecule has 0 radical (unpaired) electrons. The zero-order valence-electron chi connectivity index (χ0n) is 21.7. The van der Waals surface area contributed by atoms with Crippen molar-refractivity contribution in [1.29, 1.82) is 0 Å². The molecule has 0 saturated carbocycles. The first-order valence-electron chi connectivity index (χ1n) is 12.5. The van der Waals surface area contributed by atoms with E-state index in [-0.39, 0.29) is 40.6 Å². The molecule has 12 heteroatoms. The first-order chi connectivity index (χ1) is 19.6. The van der Waals surface area contributed by atoms with Gasteiger partial charge in [0.1, 0.15) is 11.5 Å². The third-order valence-corrected chi connectivity index (χ3v) is 7.59. The molecule has 0 fully saturated rings. The highest BCUT2D eigenvalue weighted by atomic mass is 32.1. The van der Waals surface area contributed by atoms with Crippen LogP contribution in [0.2, 0.25) is 0 Å². The molecule has 0 amide bonds. The minimum Gasteiger partial charge on any atom is -0.463 e. The first kappa shape index (κ1) is 26.6. The highest BCUT2D eigenvalue weighted by molar-refractivity contribution is 7.07. The number of rotatable bonds is 5. The summed E-state index contributed by atoms with van der Waals surface area (Å²) in [6, 6.07) is 12.2. The summed E-state index contributed by atoms with van der Waals surface area (Å²) < 4.78 is 63.2. The number of furan rings is 1. The Morgan fingerprint density at radius 2 is 1.95 bits per heavy atom. The number of halogens is 3. The van der Waals surface area contributed by atoms with E-state index in [4.69, 9.17) is 18.6 Å². The van der Waals surface area contributed by atoms with Gasteiger partial charge >= 0.3 is 12.1 Å². The number of nitrogens with zero attached hydrogens (tertiary/aromatic N) is 2. The van der Waals surface area contributed by atoms with Gasteiger partial charge in [-0.3, -0.25) is 9.36 Å². The van der Waals surface area contributed by atoms with Crippen molar-refractivity contribution in [1.82, 2.24) is 4.57 Å². The van der Waals surface area contributed by atoms with Crippen molar-refractivity contribution in [2.45, 2.75) is 26.1 Å². The second-order valence-electron chi connectivity index (χ2n) is 9.20. The summed E-state index contributed by atoms with van der Waals surface area (Å²) in [5.41, 5.74) is 0.251. The Labute approximate surface area is 234 Å². The minimum atomic E-state index is -4.49. The molecule has 0 N–H and O–H groups in total. The normalized spacial score (nSPS) is 16.5. The van der Waals surface area contributed by atoms with Gasteiger partial charge in [0.25, 0.3) is 5.56 Å². The summed E-state index contributed by atoms with van der Waals surface area (Å²) >= 11 is 1.10. The van der Waals surface area contributed by atoms with Crippen LogP contribution >= 0.6 is 11.3 Å². The second kappa shape index (κ2) is 10.1. The van der Waals surface area contributed by atoms with Crippen LogP contribution in [0.1, 0.15) is 36.8 Å². The highest BCUT2D eigenvalue weighted by Crippen LogP contribution is 2.38. The summed E-state index contributed by atoms with van der Waals surface area (Å²) in [6.45, 7) is 3.57. The molecular weight excluding hydrogens is 561 g/mol. The molecule has 0 bridgehead atoms. The Kier molecular flexibility index (Phi) is 6.57. The summed E-state index contributed by atoms with van der Waals surface area (Å²) in [5, 5.41) is 0. The van der Waals surface area contributed by atoms with Gasteiger partial charge in [-0.1, -0.05) is 29.5 Å². The van der Waals surface area contributed by atoms with Gasteiger partial charge in [0.05, 0.1) is 34.0 Å². The van der Waals surface area contributed by atoms with Crippen molar-refractivity contribution in [3.63, 3.8) is 0 Å². The third-order valence-electron chi connectivity index (χ3n) is 6.60. The SMILES string of the molecule is CCOC(=O)C1=C(C)N=c2sc(=Cc3ccc(-c4cccc(C(F)(F)F)c4)o3)c(=O)n2C1c1ccc2c(c1)OCO2. The van der Waals surface area contributed by atoms with Crippen molar-refractivity contribution < 1.29 is 36.6 Å². The molecule has 2 aromatic carbocycles. The van der Waals surface area contributed by atoms with Gasteiger partial charge in [-0.2, -0.15) is 13.2 Å². The van der Waals surface area contributed by atoms with Gasteiger partial charge in [-0.15, -0.1) is 0 Å². The number of esters is 1. The average Bonchev–Trinajstić information content (AvgIpc) is 3.67. The van der Waals surface area contributed by atoms with E-state index in [9.17, 15) is 22.8 Å². The van der Waals surface area contributed by atoms with Crippen LogP contribution in [0.15, 0.2) is 80.1 Å². The number of allylic oxidation sites excluding steroid dienone is 1. The minimum absolute atomic E-state index is 0.0623. The van der Waals surface area contributed by atoms with E-state index >= 15 is 0 Å². The van der Waals surface area contributed by atoms with Gasteiger partial charge in [-0.05, 0) is 55.8 Å². The van der Waals surface area contributed by atoms with Crippen LogP contribution in [0.5, 0.6) is 11.5 Å². The fourth-order valence-electron chi connectivity index (χ4n) is 4.75. The molecule has 1 unspecified atom stereocenters. The monoisotopic (exact) mass is 582 g/mol. The largest absolute Gasteiger partial charge is 0.463 e. The Morgan fingerprint density at radius 1 is 1.15 bits per heavy atom. The number of fused-ring (bicyclic) bond motifs is 2. The Balaban J connectivity index is 1.45. The molecule has 2 aliphatic rings. The molecule has 2 aromatic heterocycles. The lowest BCUT2D eigenvalue weighted by Gasteiger charge is -2.24. The number of thiazole rings is 1. The predicted octanol–water partition coefficient (Wildman–Crippen LogP) is 4.81. The Hall–Kier alpha value is -4.58. The molecule has 0 spiro atoms. The number of ether oxygens (including phenoxy) is 3. The summed E-state index contributed by atoms with van der Waals surface area (Å²) in [7, 11) is 0. The van der Waals surface area contributed by atoms with E-state index in [1.165, 1.54) is 28.8 Å². The summed E-state index contributed by atoms with van der Waals surface area (Å²) in [6.07, 6.45) is -2.99. The van der Waals surface area contributed by atoms with Crippen molar-refractivity contribution in [2.24, 2.45) is 4.99 Å². The van der Waals surface area contributed by atoms with Crippen molar-refractivity contribution in [3.05, 3.63) is 102 Å². The maximum atomic E-state index is 13.8. The molecule has 41 heavy (non-hydrogen) atoms. The first-order valence-corrected chi connectivity index (χ1v) is 13.3. The summed E-state index contributed by atoms with van der Waals surface area (Å²) in [4.78, 5) is 31.7. The number of aromatic nitrogens is 1. The molecule has 0 saturated heterocycles. The van der Waals surface area contributed by atoms with E-state index in [0.29, 0.717) is 27.6 Å². The van der Waals surface area contributed by atoms with Crippen LogP contribution in [0, 0.1) is 0 Å². The van der Waals surface area contributed by atoms with Crippen LogP contribution in [0.3, 0.4) is 0 Å². The van der Waals surface area contributed by atoms with Crippen molar-refractivity contribution in [3.8, 4) is 22.8 Å². The number of carbonyl (C=O) groups excluding carboxylic acids is 1. The molecule has 1 atom stereocenters. The number of alkyl halides is 3. The van der Waals surface area contributed by atoms with Crippen LogP contribution in [-0.2, 0) is 15.7 Å². The van der Waals surface area contributed by atoms with Crippen LogP contribution in [0.25, 0.3) is 17.4 Å². The predicted molar refractivity (Wildman–Crippen MR) is 142 cm³/mol. The van der Waals surface area contributed by atoms with Crippen molar-refractivity contribution >= 4 is 23.4 Å². The molecule has 4 aromatic rings. The van der Waals surface area contributed by atoms with Gasteiger partial charge in [0.2, 0.25) is 6.79 Å². The van der Waals surface area contributed by atoms with Crippen molar-refractivity contribution in [2.75, 3.05) is 13.4 Å². The number of hydrogen-bond donors (Lipinski definition) is 0. The second-order valence-corrected chi connectivity index (χ2v) is 10.2. The molecule has 210 valence electrons. The quantitative estimate of drug-likeness (QED) is 0.314. The fraction of sp³-hybridized carbons (Fsp3) is 0.207. The van der Waals surface area contributed by atoms with Gasteiger partial charge < -0.3 is 18.6 Å². The lowest BCUT2D eigenvalue weighted by atomic mass is 9.95. The molecule has 4 heterocycles. The fourth-order valence-corrected chi connectivity index (χ4v) is 5.78. The van der Waals surface area contributed by atoms with E-state index in [1.54, 1.807) is 38.1 Å². The maximum absolute atomic E-state index is 13.8. The molecule has 6 rings (SSSR count). The van der Waals surface area contributed by atoms with E-state index < -0.39 is 29.3 Å². The van der Waals surface area contributed by atoms with Gasteiger partial charge in [0, 0.05) is 11.6 Å². The highest BCUT2D eigenvalue weighted by Gasteiger charge is 2.34. The molecule has 8 nitrogen and oxygen atoms in total. The standard InChI is InChI=1S/C29H21F3N2O6S/c1-3-37-27(36)24-15(2)33-28-34(25(24)17-7-9-21-22(12-17)39-14-38-21)26(35)23(41-28)13-19-8-10-20(40-19)16-5-4-6-18(11-16)29(30,31)32/h4-13,25H,3,14H2,1-2H3. The average molecular weight is 583 g/mol. The number of benzene rings is 2. The summed E-state index contributed by atoms with van der Waals surface area (Å²) in [5.74, 6) is 0.925. The zero-order valence-corrected chi connectivity index (χ0v) is 22.5. The smallest absolute Gasteiger partial charge is 0.416 e. The molecular formula is C29H21F3N2O6S. The Bertz CT molecular complexity index is 1900. The van der Waals surface area contributed by atoms with Gasteiger partial charge in [-0.25, -0.2) is 9.79 Å². The Morgan fingerprint density at radius 3 is 2.73 bits per heavy atom. The lowest BCUT2D eigenvalue weighted by Crippen LogP contribution is -2.39. The van der Waals surface area contributed by atoms with Gasteiger partial charge in [0.15, 0.2) is 16.3 Å². The van der Waals surface area contributed by atoms with Crippen LogP contribution in [-0.4, -0.2) is 23.9 Å². The lowest BCUT2D eigenvalue weighted by molar-refractivity contribution is -0.139. The molecule has 0 aliphatic carbocycles. The molecule has 2 aliphatic heterocycles. The van der Waals surface area contributed by atoms with E-state index in [2.05, 4.69) is 4.99 Å². The van der Waals surface area contributed by atoms with E-state index in [1.807, 2.05) is 0 Å². The zero-order chi connectivity index (χ0) is 28.9. The van der Waals surface area contributed by atoms with Crippen LogP contribution < -0.4 is 24.4 Å². The number of hydrogen-bond acceptors (Lipinski definition) is 8. The number of carbonyl (C=O) groups is 1. The topological polar surface area (TPSA) is 92.3 Å². The van der Waals surface area contributed by atoms with E-state index in [0.717, 1.165) is 23.5 Å². The third kappa shape index (κ3) is 4.84. The van der Waals surface area contributed by atoms with Crippen LogP contribution in [0.4, 0.5) is 13.2 Å².